The third kappa shape index (κ3) is 5.70. The summed E-state index contributed by atoms with van der Waals surface area (Å²) in [6, 6.07) is 6.67. The van der Waals surface area contributed by atoms with Crippen molar-refractivity contribution in [2.24, 2.45) is 0 Å². The number of nitrogens with one attached hydrogen (secondary N) is 2. The van der Waals surface area contributed by atoms with E-state index in [0.717, 1.165) is 30.8 Å². The molecular weight excluding hydrogens is 353 g/mol. The summed E-state index contributed by atoms with van der Waals surface area (Å²) in [5, 5.41) is 6.27. The molecule has 1 aromatic heterocycles. The maximum absolute atomic E-state index is 12.6. The Morgan fingerprint density at radius 2 is 1.85 bits per heavy atom. The van der Waals surface area contributed by atoms with Crippen molar-refractivity contribution in [3.63, 3.8) is 0 Å². The average molecular weight is 376 g/mol. The maximum atomic E-state index is 12.6. The van der Waals surface area contributed by atoms with E-state index in [-0.39, 0.29) is 0 Å². The lowest BCUT2D eigenvalue weighted by atomic mass is 9.97. The van der Waals surface area contributed by atoms with E-state index >= 15 is 0 Å². The van der Waals surface area contributed by atoms with E-state index < -0.39 is 11.7 Å². The minimum absolute atomic E-state index is 0.356. The van der Waals surface area contributed by atoms with E-state index in [0.29, 0.717) is 17.5 Å². The quantitative estimate of drug-likeness (QED) is 0.621. The van der Waals surface area contributed by atoms with E-state index in [2.05, 4.69) is 26.7 Å². The van der Waals surface area contributed by atoms with Gasteiger partial charge >= 0.3 is 6.18 Å². The van der Waals surface area contributed by atoms with Crippen molar-refractivity contribution < 1.29 is 13.2 Å². The summed E-state index contributed by atoms with van der Waals surface area (Å²) in [5.74, 6) is 1.06. The number of benzene rings is 1. The van der Waals surface area contributed by atoms with Crippen LogP contribution >= 0.6 is 0 Å². The number of hydrogen-bond acceptors (Lipinski definition) is 4. The number of allylic oxidation sites excluding steroid dienone is 1. The highest BCUT2D eigenvalue weighted by molar-refractivity contribution is 5.56. The number of aryl methyl sites for hydroxylation is 1. The van der Waals surface area contributed by atoms with Crippen LogP contribution in [0.1, 0.15) is 43.4 Å². The number of rotatable bonds is 6. The highest BCUT2D eigenvalue weighted by atomic mass is 19.4. The smallest absolute Gasteiger partial charge is 0.370 e. The SMILES string of the molecule is Cc1cc(NCCC2=CCCCC2)nc(Nc2ccc(C(F)(F)F)cc2)n1. The van der Waals surface area contributed by atoms with E-state index in [1.54, 1.807) is 0 Å². The van der Waals surface area contributed by atoms with Gasteiger partial charge in [0.2, 0.25) is 5.95 Å². The Balaban J connectivity index is 1.61. The Morgan fingerprint density at radius 3 is 2.52 bits per heavy atom. The molecule has 1 heterocycles. The minimum Gasteiger partial charge on any atom is -0.370 e. The van der Waals surface area contributed by atoms with Gasteiger partial charge in [-0.25, -0.2) is 4.98 Å². The summed E-state index contributed by atoms with van der Waals surface area (Å²) in [7, 11) is 0. The lowest BCUT2D eigenvalue weighted by molar-refractivity contribution is -0.137. The Labute approximate surface area is 156 Å². The molecule has 0 bridgehead atoms. The first-order valence-electron chi connectivity index (χ1n) is 9.12. The molecule has 0 unspecified atom stereocenters. The molecule has 3 rings (SSSR count). The molecule has 0 aliphatic heterocycles. The summed E-state index contributed by atoms with van der Waals surface area (Å²) in [6.07, 6.45) is 3.86. The molecule has 1 aliphatic rings. The summed E-state index contributed by atoms with van der Waals surface area (Å²) in [6.45, 7) is 2.65. The summed E-state index contributed by atoms with van der Waals surface area (Å²) in [5.41, 5.74) is 2.09. The summed E-state index contributed by atoms with van der Waals surface area (Å²) < 4.78 is 37.9. The second-order valence-corrected chi connectivity index (χ2v) is 6.70. The van der Waals surface area contributed by atoms with Gasteiger partial charge in [0.15, 0.2) is 0 Å². The Morgan fingerprint density at radius 1 is 1.07 bits per heavy atom. The predicted octanol–water partition coefficient (Wildman–Crippen LogP) is 5.85. The lowest BCUT2D eigenvalue weighted by Gasteiger charge is -2.14. The maximum Gasteiger partial charge on any atom is 0.416 e. The first-order chi connectivity index (χ1) is 12.9. The molecule has 4 nitrogen and oxygen atoms in total. The van der Waals surface area contributed by atoms with Gasteiger partial charge < -0.3 is 10.6 Å². The largest absolute Gasteiger partial charge is 0.416 e. The van der Waals surface area contributed by atoms with Crippen LogP contribution in [0, 0.1) is 6.92 Å². The van der Waals surface area contributed by atoms with Crippen LogP contribution in [0.15, 0.2) is 42.0 Å². The highest BCUT2D eigenvalue weighted by Gasteiger charge is 2.29. The van der Waals surface area contributed by atoms with Gasteiger partial charge in [-0.3, -0.25) is 0 Å². The van der Waals surface area contributed by atoms with Crippen LogP contribution in [0.3, 0.4) is 0 Å². The van der Waals surface area contributed by atoms with E-state index in [4.69, 9.17) is 0 Å². The molecular formula is C20H23F3N4. The van der Waals surface area contributed by atoms with Crippen LogP contribution in [0.2, 0.25) is 0 Å². The molecule has 0 spiro atoms. The Kier molecular flexibility index (Phi) is 5.98. The summed E-state index contributed by atoms with van der Waals surface area (Å²) in [4.78, 5) is 8.71. The van der Waals surface area contributed by atoms with Gasteiger partial charge in [0, 0.05) is 24.0 Å². The molecule has 144 valence electrons. The molecule has 0 atom stereocenters. The molecule has 0 amide bonds. The fraction of sp³-hybridized carbons (Fsp3) is 0.400. The van der Waals surface area contributed by atoms with Gasteiger partial charge in [0.1, 0.15) is 5.82 Å². The lowest BCUT2D eigenvalue weighted by Crippen LogP contribution is -2.08. The van der Waals surface area contributed by atoms with Crippen LogP contribution in [-0.4, -0.2) is 16.5 Å². The zero-order valence-corrected chi connectivity index (χ0v) is 15.2. The fourth-order valence-electron chi connectivity index (χ4n) is 3.07. The molecule has 0 fully saturated rings. The van der Waals surface area contributed by atoms with Crippen LogP contribution in [0.4, 0.5) is 30.6 Å². The van der Waals surface area contributed by atoms with Gasteiger partial charge in [-0.1, -0.05) is 11.6 Å². The highest BCUT2D eigenvalue weighted by Crippen LogP contribution is 2.30. The molecule has 2 N–H and O–H groups in total. The number of alkyl halides is 3. The molecule has 1 aliphatic carbocycles. The zero-order valence-electron chi connectivity index (χ0n) is 15.2. The number of nitrogens with zero attached hydrogens (tertiary/aromatic N) is 2. The molecule has 2 aromatic rings. The van der Waals surface area contributed by atoms with E-state index in [1.165, 1.54) is 43.4 Å². The van der Waals surface area contributed by atoms with Crippen molar-refractivity contribution in [3.05, 3.63) is 53.2 Å². The predicted molar refractivity (Wildman–Crippen MR) is 101 cm³/mol. The van der Waals surface area contributed by atoms with Crippen molar-refractivity contribution in [1.82, 2.24) is 9.97 Å². The van der Waals surface area contributed by atoms with Crippen molar-refractivity contribution in [3.8, 4) is 0 Å². The third-order valence-electron chi connectivity index (χ3n) is 4.46. The molecule has 0 saturated carbocycles. The number of anilines is 3. The van der Waals surface area contributed by atoms with Crippen molar-refractivity contribution in [2.45, 2.75) is 45.2 Å². The zero-order chi connectivity index (χ0) is 19.3. The Bertz CT molecular complexity index is 798. The molecule has 0 saturated heterocycles. The normalized spacial score (nSPS) is 14.6. The third-order valence-corrected chi connectivity index (χ3v) is 4.46. The van der Waals surface area contributed by atoms with Crippen LogP contribution < -0.4 is 10.6 Å². The van der Waals surface area contributed by atoms with Gasteiger partial charge in [0.25, 0.3) is 0 Å². The number of halogens is 3. The van der Waals surface area contributed by atoms with Crippen LogP contribution in [-0.2, 0) is 6.18 Å². The van der Waals surface area contributed by atoms with Gasteiger partial charge in [0.05, 0.1) is 5.56 Å². The van der Waals surface area contributed by atoms with Crippen LogP contribution in [0.5, 0.6) is 0 Å². The first-order valence-corrected chi connectivity index (χ1v) is 9.12. The topological polar surface area (TPSA) is 49.8 Å². The second kappa shape index (κ2) is 8.41. The minimum atomic E-state index is -4.34. The average Bonchev–Trinajstić information content (AvgIpc) is 2.62. The molecule has 27 heavy (non-hydrogen) atoms. The van der Waals surface area contributed by atoms with Gasteiger partial charge in [-0.15, -0.1) is 0 Å². The van der Waals surface area contributed by atoms with Gasteiger partial charge in [-0.05, 0) is 63.3 Å². The van der Waals surface area contributed by atoms with Crippen LogP contribution in [0.25, 0.3) is 0 Å². The van der Waals surface area contributed by atoms with Gasteiger partial charge in [-0.2, -0.15) is 18.2 Å². The standard InChI is InChI=1S/C20H23F3N4/c1-14-13-18(24-12-11-15-5-3-2-4-6-15)27-19(25-14)26-17-9-7-16(8-10-17)20(21,22)23/h5,7-10,13H,2-4,6,11-12H2,1H3,(H2,24,25,26,27). The summed E-state index contributed by atoms with van der Waals surface area (Å²) >= 11 is 0. The Hall–Kier alpha value is -2.57. The van der Waals surface area contributed by atoms with Crippen molar-refractivity contribution >= 4 is 17.5 Å². The monoisotopic (exact) mass is 376 g/mol. The van der Waals surface area contributed by atoms with Crippen molar-refractivity contribution in [1.29, 1.82) is 0 Å². The second-order valence-electron chi connectivity index (χ2n) is 6.70. The van der Waals surface area contributed by atoms with E-state index in [1.807, 2.05) is 13.0 Å². The van der Waals surface area contributed by atoms with Crippen molar-refractivity contribution in [2.75, 3.05) is 17.2 Å². The first kappa shape index (κ1) is 19.2. The molecule has 0 radical (unpaired) electrons. The fourth-order valence-corrected chi connectivity index (χ4v) is 3.07. The number of hydrogen-bond donors (Lipinski definition) is 2. The molecule has 1 aromatic carbocycles. The molecule has 7 heteroatoms. The van der Waals surface area contributed by atoms with E-state index in [9.17, 15) is 13.2 Å². The number of aromatic nitrogens is 2.